The standard InChI is InChI=1S/C17H26FNO/c1-13(2)10-19-11-15-9-16(18)7-8-17(15)20-12-14-5-3-4-6-14/h7-9,13-14,19H,3-6,10-12H2,1-2H3. The Labute approximate surface area is 121 Å². The van der Waals surface area contributed by atoms with Gasteiger partial charge in [-0.3, -0.25) is 0 Å². The van der Waals surface area contributed by atoms with E-state index in [-0.39, 0.29) is 5.82 Å². The minimum absolute atomic E-state index is 0.195. The van der Waals surface area contributed by atoms with Crippen molar-refractivity contribution in [2.45, 2.75) is 46.1 Å². The van der Waals surface area contributed by atoms with Crippen LogP contribution in [0.3, 0.4) is 0 Å². The number of nitrogens with one attached hydrogen (secondary N) is 1. The van der Waals surface area contributed by atoms with Gasteiger partial charge in [0, 0.05) is 12.1 Å². The van der Waals surface area contributed by atoms with Gasteiger partial charge in [0.05, 0.1) is 6.61 Å². The summed E-state index contributed by atoms with van der Waals surface area (Å²) in [5, 5.41) is 3.35. The minimum atomic E-state index is -0.195. The molecule has 0 unspecified atom stereocenters. The van der Waals surface area contributed by atoms with Gasteiger partial charge in [-0.05, 0) is 49.4 Å². The van der Waals surface area contributed by atoms with E-state index < -0.39 is 0 Å². The molecule has 0 bridgehead atoms. The topological polar surface area (TPSA) is 21.3 Å². The predicted molar refractivity (Wildman–Crippen MR) is 80.4 cm³/mol. The molecule has 1 aromatic carbocycles. The molecular weight excluding hydrogens is 253 g/mol. The molecule has 0 aromatic heterocycles. The quantitative estimate of drug-likeness (QED) is 0.810. The van der Waals surface area contributed by atoms with Crippen molar-refractivity contribution in [3.05, 3.63) is 29.6 Å². The van der Waals surface area contributed by atoms with Gasteiger partial charge < -0.3 is 10.1 Å². The summed E-state index contributed by atoms with van der Waals surface area (Å²) in [5.41, 5.74) is 0.920. The molecule has 0 aliphatic heterocycles. The summed E-state index contributed by atoms with van der Waals surface area (Å²) >= 11 is 0. The fourth-order valence-electron chi connectivity index (χ4n) is 2.71. The van der Waals surface area contributed by atoms with Crippen LogP contribution in [0.4, 0.5) is 4.39 Å². The Balaban J connectivity index is 1.91. The molecule has 0 atom stereocenters. The van der Waals surface area contributed by atoms with Gasteiger partial charge in [-0.1, -0.05) is 26.7 Å². The van der Waals surface area contributed by atoms with Crippen molar-refractivity contribution in [1.29, 1.82) is 0 Å². The summed E-state index contributed by atoms with van der Waals surface area (Å²) in [4.78, 5) is 0. The average molecular weight is 279 g/mol. The van der Waals surface area contributed by atoms with Crippen molar-refractivity contribution < 1.29 is 9.13 Å². The smallest absolute Gasteiger partial charge is 0.123 e. The van der Waals surface area contributed by atoms with Gasteiger partial charge in [0.15, 0.2) is 0 Å². The molecule has 1 aliphatic carbocycles. The molecule has 1 saturated carbocycles. The van der Waals surface area contributed by atoms with Crippen molar-refractivity contribution in [3.63, 3.8) is 0 Å². The maximum atomic E-state index is 13.4. The summed E-state index contributed by atoms with van der Waals surface area (Å²) in [6.07, 6.45) is 5.17. The van der Waals surface area contributed by atoms with Crippen LogP contribution in [0.15, 0.2) is 18.2 Å². The van der Waals surface area contributed by atoms with Gasteiger partial charge in [0.1, 0.15) is 11.6 Å². The summed E-state index contributed by atoms with van der Waals surface area (Å²) in [6, 6.07) is 4.82. The fraction of sp³-hybridized carbons (Fsp3) is 0.647. The highest BCUT2D eigenvalue weighted by Crippen LogP contribution is 2.27. The van der Waals surface area contributed by atoms with Crippen LogP contribution in [-0.2, 0) is 6.54 Å². The molecule has 2 nitrogen and oxygen atoms in total. The van der Waals surface area contributed by atoms with Crippen molar-refractivity contribution in [3.8, 4) is 5.75 Å². The lowest BCUT2D eigenvalue weighted by Gasteiger charge is -2.16. The highest BCUT2D eigenvalue weighted by atomic mass is 19.1. The number of halogens is 1. The highest BCUT2D eigenvalue weighted by molar-refractivity contribution is 5.34. The van der Waals surface area contributed by atoms with Gasteiger partial charge in [-0.2, -0.15) is 0 Å². The molecule has 0 amide bonds. The number of hydrogen-bond acceptors (Lipinski definition) is 2. The van der Waals surface area contributed by atoms with Crippen LogP contribution < -0.4 is 10.1 Å². The van der Waals surface area contributed by atoms with E-state index in [1.54, 1.807) is 12.1 Å². The molecule has 20 heavy (non-hydrogen) atoms. The first-order valence-electron chi connectivity index (χ1n) is 7.77. The zero-order chi connectivity index (χ0) is 14.4. The molecule has 0 radical (unpaired) electrons. The minimum Gasteiger partial charge on any atom is -0.493 e. The van der Waals surface area contributed by atoms with Crippen molar-refractivity contribution >= 4 is 0 Å². The molecule has 1 N–H and O–H groups in total. The van der Waals surface area contributed by atoms with Crippen molar-refractivity contribution in [2.24, 2.45) is 11.8 Å². The van der Waals surface area contributed by atoms with Crippen LogP contribution in [0.5, 0.6) is 5.75 Å². The summed E-state index contributed by atoms with van der Waals surface area (Å²) in [6.45, 7) is 6.68. The first kappa shape index (κ1) is 15.3. The first-order valence-corrected chi connectivity index (χ1v) is 7.77. The monoisotopic (exact) mass is 279 g/mol. The lowest BCUT2D eigenvalue weighted by molar-refractivity contribution is 0.249. The Bertz CT molecular complexity index is 413. The predicted octanol–water partition coefficient (Wildman–Crippen LogP) is 4.14. The van der Waals surface area contributed by atoms with Gasteiger partial charge in [-0.25, -0.2) is 4.39 Å². The summed E-state index contributed by atoms with van der Waals surface area (Å²) in [7, 11) is 0. The second-order valence-corrected chi connectivity index (χ2v) is 6.24. The summed E-state index contributed by atoms with van der Waals surface area (Å²) < 4.78 is 19.3. The zero-order valence-corrected chi connectivity index (χ0v) is 12.6. The van der Waals surface area contributed by atoms with Crippen molar-refractivity contribution in [2.75, 3.05) is 13.2 Å². The largest absolute Gasteiger partial charge is 0.493 e. The molecule has 1 fully saturated rings. The van der Waals surface area contributed by atoms with E-state index in [9.17, 15) is 4.39 Å². The van der Waals surface area contributed by atoms with E-state index in [0.717, 1.165) is 24.5 Å². The maximum Gasteiger partial charge on any atom is 0.123 e. The van der Waals surface area contributed by atoms with E-state index in [0.29, 0.717) is 18.4 Å². The van der Waals surface area contributed by atoms with Crippen LogP contribution in [0.1, 0.15) is 45.1 Å². The SMILES string of the molecule is CC(C)CNCc1cc(F)ccc1OCC1CCCC1. The molecule has 0 spiro atoms. The number of benzene rings is 1. The Kier molecular flexibility index (Phi) is 5.84. The lowest BCUT2D eigenvalue weighted by Crippen LogP contribution is -2.20. The third kappa shape index (κ3) is 4.78. The third-order valence-corrected chi connectivity index (χ3v) is 3.84. The summed E-state index contributed by atoms with van der Waals surface area (Å²) in [5.74, 6) is 1.90. The Hall–Kier alpha value is -1.09. The van der Waals surface area contributed by atoms with Crippen LogP contribution >= 0.6 is 0 Å². The second-order valence-electron chi connectivity index (χ2n) is 6.24. The maximum absolute atomic E-state index is 13.4. The Morgan fingerprint density at radius 2 is 2.05 bits per heavy atom. The molecule has 112 valence electrons. The van der Waals surface area contributed by atoms with E-state index in [4.69, 9.17) is 4.74 Å². The molecule has 0 heterocycles. The van der Waals surface area contributed by atoms with E-state index in [1.165, 1.54) is 31.7 Å². The van der Waals surface area contributed by atoms with Crippen LogP contribution in [0, 0.1) is 17.7 Å². The van der Waals surface area contributed by atoms with Gasteiger partial charge >= 0.3 is 0 Å². The highest BCUT2D eigenvalue weighted by Gasteiger charge is 2.16. The van der Waals surface area contributed by atoms with E-state index in [1.807, 2.05) is 0 Å². The van der Waals surface area contributed by atoms with Gasteiger partial charge in [-0.15, -0.1) is 0 Å². The third-order valence-electron chi connectivity index (χ3n) is 3.84. The first-order chi connectivity index (χ1) is 9.65. The average Bonchev–Trinajstić information content (AvgIpc) is 2.90. The van der Waals surface area contributed by atoms with E-state index in [2.05, 4.69) is 19.2 Å². The van der Waals surface area contributed by atoms with E-state index >= 15 is 0 Å². The molecule has 0 saturated heterocycles. The molecule has 3 heteroatoms. The van der Waals surface area contributed by atoms with Crippen LogP contribution in [0.25, 0.3) is 0 Å². The Morgan fingerprint density at radius 3 is 2.75 bits per heavy atom. The molecule has 1 aromatic rings. The number of rotatable bonds is 7. The zero-order valence-electron chi connectivity index (χ0n) is 12.6. The Morgan fingerprint density at radius 1 is 1.30 bits per heavy atom. The molecule has 2 rings (SSSR count). The van der Waals surface area contributed by atoms with Crippen LogP contribution in [0.2, 0.25) is 0 Å². The van der Waals surface area contributed by atoms with Gasteiger partial charge in [0.2, 0.25) is 0 Å². The normalized spacial score (nSPS) is 16.0. The fourth-order valence-corrected chi connectivity index (χ4v) is 2.71. The second kappa shape index (κ2) is 7.63. The van der Waals surface area contributed by atoms with Gasteiger partial charge in [0.25, 0.3) is 0 Å². The molecule has 1 aliphatic rings. The number of ether oxygens (including phenoxy) is 1. The lowest BCUT2D eigenvalue weighted by atomic mass is 10.1. The van der Waals surface area contributed by atoms with Crippen LogP contribution in [-0.4, -0.2) is 13.2 Å². The molecular formula is C17H26FNO. The van der Waals surface area contributed by atoms with Crippen molar-refractivity contribution in [1.82, 2.24) is 5.32 Å². The number of hydrogen-bond donors (Lipinski definition) is 1.